The van der Waals surface area contributed by atoms with E-state index in [0.29, 0.717) is 12.8 Å². The smallest absolute Gasteiger partial charge is 0.326 e. The van der Waals surface area contributed by atoms with Gasteiger partial charge in [0.2, 0.25) is 5.91 Å². The minimum absolute atomic E-state index is 0.0267. The molecule has 0 aliphatic heterocycles. The van der Waals surface area contributed by atoms with Crippen molar-refractivity contribution in [2.75, 3.05) is 6.61 Å². The molecule has 0 spiro atoms. The van der Waals surface area contributed by atoms with Crippen molar-refractivity contribution in [2.45, 2.75) is 56.2 Å². The number of rotatable bonds is 10. The van der Waals surface area contributed by atoms with E-state index in [1.165, 1.54) is 12.1 Å². The number of aliphatic hydroxyl groups is 1. The van der Waals surface area contributed by atoms with Crippen LogP contribution in [0.1, 0.15) is 38.7 Å². The van der Waals surface area contributed by atoms with Crippen LogP contribution in [0.4, 0.5) is 0 Å². The van der Waals surface area contributed by atoms with Crippen LogP contribution in [-0.2, 0) is 19.4 Å². The van der Waals surface area contributed by atoms with Crippen molar-refractivity contribution in [2.24, 2.45) is 5.92 Å². The number of aliphatic hydroxyl groups excluding tert-OH is 1. The van der Waals surface area contributed by atoms with Gasteiger partial charge in [-0.3, -0.25) is 4.79 Å². The van der Waals surface area contributed by atoms with Crippen LogP contribution in [0.25, 0.3) is 0 Å². The summed E-state index contributed by atoms with van der Waals surface area (Å²) in [6.45, 7) is 4.73. The van der Waals surface area contributed by atoms with Gasteiger partial charge in [-0.1, -0.05) is 38.0 Å². The molecule has 0 saturated heterocycles. The Morgan fingerprint density at radius 3 is 2.15 bits per heavy atom. The van der Waals surface area contributed by atoms with Gasteiger partial charge in [0.15, 0.2) is 9.84 Å². The largest absolute Gasteiger partial charge is 0.480 e. The van der Waals surface area contributed by atoms with E-state index in [-0.39, 0.29) is 11.3 Å². The van der Waals surface area contributed by atoms with Crippen molar-refractivity contribution < 1.29 is 28.2 Å². The molecule has 0 aliphatic carbocycles. The van der Waals surface area contributed by atoms with Gasteiger partial charge in [-0.05, 0) is 31.9 Å². The van der Waals surface area contributed by atoms with Crippen molar-refractivity contribution in [1.29, 1.82) is 0 Å². The summed E-state index contributed by atoms with van der Waals surface area (Å²) in [5.41, 5.74) is 0.870. The van der Waals surface area contributed by atoms with Gasteiger partial charge in [0.1, 0.15) is 11.3 Å². The molecule has 8 heteroatoms. The van der Waals surface area contributed by atoms with Crippen LogP contribution in [0.2, 0.25) is 0 Å². The molecule has 146 valence electrons. The zero-order valence-electron chi connectivity index (χ0n) is 15.3. The van der Waals surface area contributed by atoms with E-state index in [4.69, 9.17) is 5.11 Å². The van der Waals surface area contributed by atoms with E-state index in [1.54, 1.807) is 19.1 Å². The number of carbonyl (C=O) groups excluding carboxylic acids is 1. The molecule has 3 atom stereocenters. The molecule has 1 rings (SSSR count). The van der Waals surface area contributed by atoms with E-state index in [2.05, 4.69) is 5.32 Å². The average Bonchev–Trinajstić information content (AvgIpc) is 2.59. The molecule has 3 unspecified atom stereocenters. The van der Waals surface area contributed by atoms with Crippen LogP contribution in [0, 0.1) is 12.8 Å². The molecular formula is C18H27NO6S. The van der Waals surface area contributed by atoms with Gasteiger partial charge in [-0.25, -0.2) is 13.2 Å². The Bertz CT molecular complexity index is 714. The Morgan fingerprint density at radius 1 is 1.15 bits per heavy atom. The minimum atomic E-state index is -4.10. The summed E-state index contributed by atoms with van der Waals surface area (Å²) in [5, 5.41) is 19.6. The number of sulfone groups is 1. The molecule has 0 radical (unpaired) electrons. The van der Waals surface area contributed by atoms with Gasteiger partial charge >= 0.3 is 5.97 Å². The van der Waals surface area contributed by atoms with Crippen LogP contribution >= 0.6 is 0 Å². The maximum Gasteiger partial charge on any atom is 0.326 e. The third-order valence-corrected chi connectivity index (χ3v) is 6.48. The number of carbonyl (C=O) groups is 2. The van der Waals surface area contributed by atoms with Gasteiger partial charge in [0, 0.05) is 12.5 Å². The maximum absolute atomic E-state index is 13.1. The van der Waals surface area contributed by atoms with Crippen LogP contribution in [0.3, 0.4) is 0 Å². The zero-order chi connectivity index (χ0) is 19.9. The number of carboxylic acids is 1. The fourth-order valence-corrected chi connectivity index (χ4v) is 4.67. The summed E-state index contributed by atoms with van der Waals surface area (Å²) in [6.07, 6.45) is 1.02. The number of carboxylic acid groups (broad SMARTS) is 1. The highest BCUT2D eigenvalue weighted by atomic mass is 32.2. The lowest BCUT2D eigenvalue weighted by atomic mass is 9.99. The summed E-state index contributed by atoms with van der Waals surface area (Å²) >= 11 is 0. The molecule has 26 heavy (non-hydrogen) atoms. The molecule has 0 heterocycles. The second kappa shape index (κ2) is 9.68. The number of benzene rings is 1. The molecule has 3 N–H and O–H groups in total. The highest BCUT2D eigenvalue weighted by molar-refractivity contribution is 7.92. The number of hydrogen-bond acceptors (Lipinski definition) is 5. The topological polar surface area (TPSA) is 121 Å². The molecule has 0 fully saturated rings. The first kappa shape index (κ1) is 22.1. The monoisotopic (exact) mass is 385 g/mol. The van der Waals surface area contributed by atoms with Crippen molar-refractivity contribution >= 4 is 21.7 Å². The van der Waals surface area contributed by atoms with Gasteiger partial charge < -0.3 is 15.5 Å². The number of nitrogens with one attached hydrogen (secondary N) is 1. The zero-order valence-corrected chi connectivity index (χ0v) is 16.1. The van der Waals surface area contributed by atoms with Crippen LogP contribution < -0.4 is 5.32 Å². The Morgan fingerprint density at radius 2 is 1.73 bits per heavy atom. The molecule has 0 saturated carbocycles. The standard InChI is InChI=1S/C18H27NO6S/c1-4-6-13(11-20)16(17(21)19-15(5-2)18(22)23)26(24,25)14-9-7-12(3)8-10-14/h7-10,13,15-16,20H,4-6,11H2,1-3H3,(H,19,21)(H,22,23). The molecule has 0 bridgehead atoms. The number of amides is 1. The first-order valence-electron chi connectivity index (χ1n) is 8.63. The second-order valence-corrected chi connectivity index (χ2v) is 8.39. The fourth-order valence-electron chi connectivity index (χ4n) is 2.78. The minimum Gasteiger partial charge on any atom is -0.480 e. The van der Waals surface area contributed by atoms with Crippen LogP contribution in [0.15, 0.2) is 29.2 Å². The van der Waals surface area contributed by atoms with E-state index in [1.807, 2.05) is 13.8 Å². The third-order valence-electron chi connectivity index (χ3n) is 4.29. The van der Waals surface area contributed by atoms with Crippen LogP contribution in [0.5, 0.6) is 0 Å². The Labute approximate surface area is 154 Å². The number of aryl methyl sites for hydroxylation is 1. The summed E-state index contributed by atoms with van der Waals surface area (Å²) in [6, 6.07) is 4.91. The van der Waals surface area contributed by atoms with Gasteiger partial charge in [0.25, 0.3) is 0 Å². The lowest BCUT2D eigenvalue weighted by Gasteiger charge is -2.26. The first-order valence-corrected chi connectivity index (χ1v) is 10.2. The van der Waals surface area contributed by atoms with Crippen LogP contribution in [-0.4, -0.2) is 48.4 Å². The summed E-state index contributed by atoms with van der Waals surface area (Å²) in [7, 11) is -4.10. The maximum atomic E-state index is 13.1. The van der Waals surface area contributed by atoms with E-state index in [9.17, 15) is 23.1 Å². The second-order valence-electron chi connectivity index (χ2n) is 6.32. The van der Waals surface area contributed by atoms with Gasteiger partial charge in [0.05, 0.1) is 4.90 Å². The van der Waals surface area contributed by atoms with Crippen molar-refractivity contribution in [3.63, 3.8) is 0 Å². The number of hydrogen-bond donors (Lipinski definition) is 3. The summed E-state index contributed by atoms with van der Waals surface area (Å²) < 4.78 is 26.2. The molecule has 7 nitrogen and oxygen atoms in total. The molecule has 1 amide bonds. The van der Waals surface area contributed by atoms with Crippen molar-refractivity contribution in [1.82, 2.24) is 5.32 Å². The first-order chi connectivity index (χ1) is 12.2. The summed E-state index contributed by atoms with van der Waals surface area (Å²) in [5.74, 6) is -2.95. The lowest BCUT2D eigenvalue weighted by Crippen LogP contribution is -2.51. The summed E-state index contributed by atoms with van der Waals surface area (Å²) in [4.78, 5) is 23.9. The predicted molar refractivity (Wildman–Crippen MR) is 97.5 cm³/mol. The normalized spacial score (nSPS) is 15.1. The average molecular weight is 385 g/mol. The van der Waals surface area contributed by atoms with E-state index >= 15 is 0 Å². The molecule has 0 aliphatic rings. The highest BCUT2D eigenvalue weighted by Crippen LogP contribution is 2.25. The molecule has 0 aromatic heterocycles. The van der Waals surface area contributed by atoms with Crippen molar-refractivity contribution in [3.8, 4) is 0 Å². The Hall–Kier alpha value is -1.93. The number of aliphatic carboxylic acids is 1. The lowest BCUT2D eigenvalue weighted by molar-refractivity contribution is -0.142. The SMILES string of the molecule is CCCC(CO)C(C(=O)NC(CC)C(=O)O)S(=O)(=O)c1ccc(C)cc1. The van der Waals surface area contributed by atoms with E-state index < -0.39 is 45.5 Å². The predicted octanol–water partition coefficient (Wildman–Crippen LogP) is 1.53. The van der Waals surface area contributed by atoms with E-state index in [0.717, 1.165) is 5.56 Å². The third kappa shape index (κ3) is 5.28. The quantitative estimate of drug-likeness (QED) is 0.562. The molecule has 1 aromatic carbocycles. The van der Waals surface area contributed by atoms with Gasteiger partial charge in [-0.2, -0.15) is 0 Å². The highest BCUT2D eigenvalue weighted by Gasteiger charge is 2.41. The molecule has 1 aromatic rings. The Kier molecular flexibility index (Phi) is 8.23. The van der Waals surface area contributed by atoms with Crippen molar-refractivity contribution in [3.05, 3.63) is 29.8 Å². The fraction of sp³-hybridized carbons (Fsp3) is 0.556. The Balaban J connectivity index is 3.33. The molecular weight excluding hydrogens is 358 g/mol. The van der Waals surface area contributed by atoms with Gasteiger partial charge in [-0.15, -0.1) is 0 Å².